The predicted octanol–water partition coefficient (Wildman–Crippen LogP) is 2.58. The van der Waals surface area contributed by atoms with Crippen LogP contribution in [0.4, 0.5) is 11.4 Å². The topological polar surface area (TPSA) is 60.1 Å². The summed E-state index contributed by atoms with van der Waals surface area (Å²) in [6.45, 7) is 1.83. The molecule has 2 aromatic rings. The first kappa shape index (κ1) is 10.2. The third-order valence-corrected chi connectivity index (χ3v) is 2.27. The normalized spacial score (nSPS) is 10.1. The van der Waals surface area contributed by atoms with E-state index in [2.05, 4.69) is 5.43 Å². The van der Waals surface area contributed by atoms with Gasteiger partial charge in [-0.15, -0.1) is 0 Å². The number of non-ortho nitro benzene ring substituents is 1. The van der Waals surface area contributed by atoms with Gasteiger partial charge in [0.05, 0.1) is 10.6 Å². The number of nitrogens with zero attached hydrogens (tertiary/aromatic N) is 2. The molecule has 1 N–H and O–H groups in total. The Morgan fingerprint density at radius 2 is 2.00 bits per heavy atom. The van der Waals surface area contributed by atoms with E-state index >= 15 is 0 Å². The van der Waals surface area contributed by atoms with Crippen LogP contribution in [-0.2, 0) is 0 Å². The van der Waals surface area contributed by atoms with E-state index in [9.17, 15) is 10.1 Å². The van der Waals surface area contributed by atoms with Gasteiger partial charge in [-0.1, -0.05) is 0 Å². The fourth-order valence-corrected chi connectivity index (χ4v) is 1.43. The number of anilines is 1. The van der Waals surface area contributed by atoms with Crippen molar-refractivity contribution in [3.8, 4) is 0 Å². The third kappa shape index (κ3) is 2.03. The number of nitro benzene ring substituents is 1. The number of hydrogen-bond acceptors (Lipinski definition) is 3. The molecule has 0 fully saturated rings. The number of aryl methyl sites for hydroxylation is 1. The molecule has 0 spiro atoms. The largest absolute Gasteiger partial charge is 0.295 e. The summed E-state index contributed by atoms with van der Waals surface area (Å²) in [7, 11) is 0. The fraction of sp³-hybridized carbons (Fsp3) is 0.0909. The Balaban J connectivity index is 2.26. The van der Waals surface area contributed by atoms with E-state index in [-0.39, 0.29) is 5.69 Å². The molecule has 1 aromatic heterocycles. The fourth-order valence-electron chi connectivity index (χ4n) is 1.43. The molecule has 0 aliphatic rings. The summed E-state index contributed by atoms with van der Waals surface area (Å²) >= 11 is 0. The number of rotatable bonds is 3. The highest BCUT2D eigenvalue weighted by Gasteiger charge is 2.07. The molecular formula is C11H11N3O2. The van der Waals surface area contributed by atoms with E-state index in [0.29, 0.717) is 0 Å². The van der Waals surface area contributed by atoms with Gasteiger partial charge in [-0.2, -0.15) is 0 Å². The van der Waals surface area contributed by atoms with Gasteiger partial charge in [-0.3, -0.25) is 20.2 Å². The first-order valence-electron chi connectivity index (χ1n) is 4.82. The van der Waals surface area contributed by atoms with E-state index in [1.54, 1.807) is 16.8 Å². The average molecular weight is 217 g/mol. The second-order valence-electron chi connectivity index (χ2n) is 3.46. The van der Waals surface area contributed by atoms with E-state index in [0.717, 1.165) is 11.3 Å². The molecule has 0 unspecified atom stereocenters. The summed E-state index contributed by atoms with van der Waals surface area (Å²) < 4.78 is 1.79. The molecule has 0 atom stereocenters. The summed E-state index contributed by atoms with van der Waals surface area (Å²) in [5, 5.41) is 10.6. The van der Waals surface area contributed by atoms with Gasteiger partial charge >= 0.3 is 0 Å². The zero-order chi connectivity index (χ0) is 11.5. The van der Waals surface area contributed by atoms with Crippen molar-refractivity contribution in [3.05, 3.63) is 58.4 Å². The highest BCUT2D eigenvalue weighted by atomic mass is 16.6. The molecule has 82 valence electrons. The van der Waals surface area contributed by atoms with Gasteiger partial charge in [0.15, 0.2) is 0 Å². The molecule has 5 heteroatoms. The van der Waals surface area contributed by atoms with Crippen LogP contribution in [0.3, 0.4) is 0 Å². The first-order chi connectivity index (χ1) is 7.66. The maximum Gasteiger partial charge on any atom is 0.269 e. The van der Waals surface area contributed by atoms with Gasteiger partial charge in [0, 0.05) is 24.5 Å². The predicted molar refractivity (Wildman–Crippen MR) is 61.3 cm³/mol. The standard InChI is InChI=1S/C11H11N3O2/c1-9-8-10(14(15)16)4-5-11(9)12-13-6-2-3-7-13/h2-8,12H,1H3. The van der Waals surface area contributed by atoms with Crippen molar-refractivity contribution in [2.75, 3.05) is 5.43 Å². The zero-order valence-electron chi connectivity index (χ0n) is 8.75. The van der Waals surface area contributed by atoms with Gasteiger partial charge in [0.25, 0.3) is 5.69 Å². The van der Waals surface area contributed by atoms with Crippen molar-refractivity contribution in [1.82, 2.24) is 4.68 Å². The molecule has 0 saturated heterocycles. The Morgan fingerprint density at radius 3 is 2.56 bits per heavy atom. The Hall–Kier alpha value is -2.30. The second-order valence-corrected chi connectivity index (χ2v) is 3.46. The van der Waals surface area contributed by atoms with Crippen molar-refractivity contribution in [2.45, 2.75) is 6.92 Å². The smallest absolute Gasteiger partial charge is 0.269 e. The Morgan fingerprint density at radius 1 is 1.31 bits per heavy atom. The van der Waals surface area contributed by atoms with Crippen LogP contribution in [0.1, 0.15) is 5.56 Å². The van der Waals surface area contributed by atoms with Gasteiger partial charge in [0.1, 0.15) is 0 Å². The Kier molecular flexibility index (Phi) is 2.59. The lowest BCUT2D eigenvalue weighted by Gasteiger charge is -2.09. The Bertz CT molecular complexity index is 506. The van der Waals surface area contributed by atoms with Crippen LogP contribution >= 0.6 is 0 Å². The molecule has 0 amide bonds. The zero-order valence-corrected chi connectivity index (χ0v) is 8.75. The number of hydrogen-bond donors (Lipinski definition) is 1. The number of aromatic nitrogens is 1. The van der Waals surface area contributed by atoms with Crippen LogP contribution < -0.4 is 5.43 Å². The summed E-state index contributed by atoms with van der Waals surface area (Å²) in [6, 6.07) is 8.53. The molecule has 0 aliphatic carbocycles. The highest BCUT2D eigenvalue weighted by Crippen LogP contribution is 2.21. The third-order valence-electron chi connectivity index (χ3n) is 2.27. The summed E-state index contributed by atoms with van der Waals surface area (Å²) in [5.41, 5.74) is 4.90. The lowest BCUT2D eigenvalue weighted by Crippen LogP contribution is -2.07. The van der Waals surface area contributed by atoms with Gasteiger partial charge in [-0.05, 0) is 30.7 Å². The van der Waals surface area contributed by atoms with Crippen LogP contribution in [0.2, 0.25) is 0 Å². The van der Waals surface area contributed by atoms with Crippen molar-refractivity contribution >= 4 is 11.4 Å². The van der Waals surface area contributed by atoms with Gasteiger partial charge < -0.3 is 0 Å². The monoisotopic (exact) mass is 217 g/mol. The molecule has 0 radical (unpaired) electrons. The molecule has 0 aliphatic heterocycles. The lowest BCUT2D eigenvalue weighted by atomic mass is 10.2. The highest BCUT2D eigenvalue weighted by molar-refractivity contribution is 5.55. The van der Waals surface area contributed by atoms with Crippen molar-refractivity contribution in [2.24, 2.45) is 0 Å². The number of benzene rings is 1. The minimum absolute atomic E-state index is 0.107. The summed E-state index contributed by atoms with van der Waals surface area (Å²) in [5.74, 6) is 0. The minimum atomic E-state index is -0.396. The van der Waals surface area contributed by atoms with Crippen LogP contribution in [0.15, 0.2) is 42.7 Å². The van der Waals surface area contributed by atoms with Crippen molar-refractivity contribution < 1.29 is 4.92 Å². The van der Waals surface area contributed by atoms with Crippen LogP contribution in [-0.4, -0.2) is 9.60 Å². The Labute approximate surface area is 92.4 Å². The average Bonchev–Trinajstić information content (AvgIpc) is 2.73. The van der Waals surface area contributed by atoms with Crippen LogP contribution in [0.5, 0.6) is 0 Å². The molecule has 1 heterocycles. The molecule has 16 heavy (non-hydrogen) atoms. The maximum absolute atomic E-state index is 10.6. The van der Waals surface area contributed by atoms with E-state index in [1.807, 2.05) is 31.5 Å². The van der Waals surface area contributed by atoms with Crippen molar-refractivity contribution in [3.63, 3.8) is 0 Å². The molecular weight excluding hydrogens is 206 g/mol. The number of nitrogens with one attached hydrogen (secondary N) is 1. The first-order valence-corrected chi connectivity index (χ1v) is 4.82. The van der Waals surface area contributed by atoms with Crippen LogP contribution in [0, 0.1) is 17.0 Å². The molecule has 0 saturated carbocycles. The van der Waals surface area contributed by atoms with E-state index in [1.165, 1.54) is 6.07 Å². The molecule has 1 aromatic carbocycles. The quantitative estimate of drug-likeness (QED) is 0.635. The second kappa shape index (κ2) is 4.06. The van der Waals surface area contributed by atoms with E-state index in [4.69, 9.17) is 0 Å². The molecule has 5 nitrogen and oxygen atoms in total. The molecule has 2 rings (SSSR count). The summed E-state index contributed by atoms with van der Waals surface area (Å²) in [4.78, 5) is 10.2. The van der Waals surface area contributed by atoms with Crippen LogP contribution in [0.25, 0.3) is 0 Å². The summed E-state index contributed by atoms with van der Waals surface area (Å²) in [6.07, 6.45) is 3.72. The van der Waals surface area contributed by atoms with Gasteiger partial charge in [-0.25, -0.2) is 0 Å². The lowest BCUT2D eigenvalue weighted by molar-refractivity contribution is -0.384. The number of nitro groups is 1. The SMILES string of the molecule is Cc1cc([N+](=O)[O-])ccc1Nn1cccc1. The molecule has 0 bridgehead atoms. The van der Waals surface area contributed by atoms with E-state index < -0.39 is 4.92 Å². The van der Waals surface area contributed by atoms with Gasteiger partial charge in [0.2, 0.25) is 0 Å². The maximum atomic E-state index is 10.6. The van der Waals surface area contributed by atoms with Crippen molar-refractivity contribution in [1.29, 1.82) is 0 Å². The minimum Gasteiger partial charge on any atom is -0.295 e.